The Labute approximate surface area is 202 Å². The minimum absolute atomic E-state index is 0.0697. The van der Waals surface area contributed by atoms with Gasteiger partial charge in [0.05, 0.1) is 0 Å². The standard InChI is InChI=1S/C27H37N3O4/c1-18-7-10-24(26(31)29-18)30-17-20-15-21(8-9-22(20)27(30)32)34-25-6-4-2-3-5-23(25)28-16-19-11-13-33-14-12-19/h8-9,15,19,23-25,28H,1-7,10-14,16-17H2,(H,29,31). The van der Waals surface area contributed by atoms with Gasteiger partial charge in [0.15, 0.2) is 0 Å². The summed E-state index contributed by atoms with van der Waals surface area (Å²) in [4.78, 5) is 27.2. The first-order valence-corrected chi connectivity index (χ1v) is 13.0. The van der Waals surface area contributed by atoms with E-state index in [0.29, 0.717) is 36.9 Å². The summed E-state index contributed by atoms with van der Waals surface area (Å²) < 4.78 is 12.1. The van der Waals surface area contributed by atoms with Gasteiger partial charge in [0.2, 0.25) is 5.91 Å². The number of amides is 2. The highest BCUT2D eigenvalue weighted by atomic mass is 16.5. The predicted octanol–water partition coefficient (Wildman–Crippen LogP) is 3.53. The molecule has 3 unspecified atom stereocenters. The summed E-state index contributed by atoms with van der Waals surface area (Å²) in [6, 6.07) is 5.70. The quantitative estimate of drug-likeness (QED) is 0.626. The first-order chi connectivity index (χ1) is 16.6. The van der Waals surface area contributed by atoms with Gasteiger partial charge in [-0.25, -0.2) is 0 Å². The van der Waals surface area contributed by atoms with Gasteiger partial charge in [0, 0.05) is 37.1 Å². The van der Waals surface area contributed by atoms with E-state index in [2.05, 4.69) is 17.2 Å². The maximum Gasteiger partial charge on any atom is 0.255 e. The van der Waals surface area contributed by atoms with E-state index < -0.39 is 6.04 Å². The van der Waals surface area contributed by atoms with Gasteiger partial charge in [-0.15, -0.1) is 0 Å². The summed E-state index contributed by atoms with van der Waals surface area (Å²) in [7, 11) is 0. The fraction of sp³-hybridized carbons (Fsp3) is 0.630. The van der Waals surface area contributed by atoms with Gasteiger partial charge in [0.1, 0.15) is 17.9 Å². The molecule has 7 heteroatoms. The summed E-state index contributed by atoms with van der Waals surface area (Å²) in [5.74, 6) is 1.30. The second-order valence-electron chi connectivity index (χ2n) is 10.3. The topological polar surface area (TPSA) is 79.9 Å². The summed E-state index contributed by atoms with van der Waals surface area (Å²) in [5.41, 5.74) is 2.35. The predicted molar refractivity (Wildman–Crippen MR) is 129 cm³/mol. The second kappa shape index (κ2) is 10.5. The SMILES string of the molecule is C=C1CCC(N2Cc3cc(OC4CCCCCC4NCC4CCOCC4)ccc3C2=O)C(=O)N1. The van der Waals surface area contributed by atoms with Crippen molar-refractivity contribution in [3.63, 3.8) is 0 Å². The van der Waals surface area contributed by atoms with Crippen LogP contribution in [0.25, 0.3) is 0 Å². The summed E-state index contributed by atoms with van der Waals surface area (Å²) in [6.45, 7) is 7.06. The van der Waals surface area contributed by atoms with Crippen LogP contribution < -0.4 is 15.4 Å². The van der Waals surface area contributed by atoms with E-state index >= 15 is 0 Å². The van der Waals surface area contributed by atoms with Crippen LogP contribution >= 0.6 is 0 Å². The largest absolute Gasteiger partial charge is 0.489 e. The molecule has 1 aromatic rings. The molecule has 2 N–H and O–H groups in total. The third-order valence-electron chi connectivity index (χ3n) is 7.86. The van der Waals surface area contributed by atoms with Crippen LogP contribution in [0.2, 0.25) is 0 Å². The van der Waals surface area contributed by atoms with Crippen molar-refractivity contribution in [1.82, 2.24) is 15.5 Å². The minimum Gasteiger partial charge on any atom is -0.489 e. The van der Waals surface area contributed by atoms with E-state index in [0.717, 1.165) is 62.5 Å². The minimum atomic E-state index is -0.435. The molecule has 0 aromatic heterocycles. The number of carbonyl (C=O) groups is 2. The smallest absolute Gasteiger partial charge is 0.255 e. The molecule has 0 bridgehead atoms. The Hall–Kier alpha value is -2.38. The Bertz CT molecular complexity index is 926. The van der Waals surface area contributed by atoms with Crippen LogP contribution in [0.4, 0.5) is 0 Å². The number of carbonyl (C=O) groups excluding carboxylic acids is 2. The molecule has 1 aromatic carbocycles. The molecular formula is C27H37N3O4. The number of piperidine rings is 1. The molecule has 3 heterocycles. The van der Waals surface area contributed by atoms with Crippen LogP contribution in [0.5, 0.6) is 5.75 Å². The zero-order valence-electron chi connectivity index (χ0n) is 20.0. The van der Waals surface area contributed by atoms with Gasteiger partial charge >= 0.3 is 0 Å². The lowest BCUT2D eigenvalue weighted by Crippen LogP contribution is -2.49. The van der Waals surface area contributed by atoms with Gasteiger partial charge in [-0.05, 0) is 81.2 Å². The number of rotatable bonds is 6. The first-order valence-electron chi connectivity index (χ1n) is 13.0. The van der Waals surface area contributed by atoms with E-state index in [1.54, 1.807) is 4.90 Å². The third-order valence-corrected chi connectivity index (χ3v) is 7.86. The van der Waals surface area contributed by atoms with Crippen LogP contribution in [0.1, 0.15) is 73.7 Å². The number of nitrogens with zero attached hydrogens (tertiary/aromatic N) is 1. The highest BCUT2D eigenvalue weighted by Gasteiger charge is 2.38. The Morgan fingerprint density at radius 2 is 1.91 bits per heavy atom. The number of fused-ring (bicyclic) bond motifs is 1. The molecule has 7 nitrogen and oxygen atoms in total. The lowest BCUT2D eigenvalue weighted by Gasteiger charge is -2.31. The van der Waals surface area contributed by atoms with Crippen LogP contribution in [0.15, 0.2) is 30.5 Å². The number of allylic oxidation sites excluding steroid dienone is 1. The third kappa shape index (κ3) is 5.15. The zero-order valence-corrected chi connectivity index (χ0v) is 20.0. The van der Waals surface area contributed by atoms with E-state index in [4.69, 9.17) is 9.47 Å². The normalized spacial score (nSPS) is 28.4. The number of hydrogen-bond acceptors (Lipinski definition) is 5. The van der Waals surface area contributed by atoms with Crippen molar-refractivity contribution >= 4 is 11.8 Å². The lowest BCUT2D eigenvalue weighted by molar-refractivity contribution is -0.126. The van der Waals surface area contributed by atoms with Crippen molar-refractivity contribution < 1.29 is 19.1 Å². The number of ether oxygens (including phenoxy) is 2. The van der Waals surface area contributed by atoms with Crippen molar-refractivity contribution in [2.24, 2.45) is 5.92 Å². The maximum atomic E-state index is 13.0. The molecule has 5 rings (SSSR count). The monoisotopic (exact) mass is 467 g/mol. The molecule has 184 valence electrons. The van der Waals surface area contributed by atoms with Gasteiger partial charge in [-0.1, -0.05) is 19.4 Å². The van der Waals surface area contributed by atoms with Crippen LogP contribution in [-0.4, -0.2) is 54.7 Å². The van der Waals surface area contributed by atoms with Gasteiger partial charge < -0.3 is 25.0 Å². The van der Waals surface area contributed by atoms with Crippen molar-refractivity contribution in [3.05, 3.63) is 41.6 Å². The molecule has 2 amide bonds. The molecule has 0 spiro atoms. The fourth-order valence-electron chi connectivity index (χ4n) is 5.80. The maximum absolute atomic E-state index is 13.0. The lowest BCUT2D eigenvalue weighted by atomic mass is 9.98. The van der Waals surface area contributed by atoms with E-state index in [1.807, 2.05) is 18.2 Å². The van der Waals surface area contributed by atoms with Crippen molar-refractivity contribution in [2.75, 3.05) is 19.8 Å². The highest BCUT2D eigenvalue weighted by molar-refractivity contribution is 6.01. The van der Waals surface area contributed by atoms with E-state index in [9.17, 15) is 9.59 Å². The molecular weight excluding hydrogens is 430 g/mol. The average Bonchev–Trinajstić information content (AvgIpc) is 3.00. The Balaban J connectivity index is 1.24. The Morgan fingerprint density at radius 1 is 1.09 bits per heavy atom. The van der Waals surface area contributed by atoms with Crippen molar-refractivity contribution in [1.29, 1.82) is 0 Å². The molecule has 1 aliphatic carbocycles. The van der Waals surface area contributed by atoms with Crippen LogP contribution in [0, 0.1) is 5.92 Å². The molecule has 3 aliphatic heterocycles. The van der Waals surface area contributed by atoms with Crippen molar-refractivity contribution in [3.8, 4) is 5.75 Å². The van der Waals surface area contributed by atoms with E-state index in [-0.39, 0.29) is 17.9 Å². The molecule has 1 saturated carbocycles. The fourth-order valence-corrected chi connectivity index (χ4v) is 5.80. The van der Waals surface area contributed by atoms with Crippen LogP contribution in [-0.2, 0) is 16.1 Å². The van der Waals surface area contributed by atoms with Gasteiger partial charge in [0.25, 0.3) is 5.91 Å². The first kappa shape index (κ1) is 23.4. The van der Waals surface area contributed by atoms with Gasteiger partial charge in [-0.3, -0.25) is 9.59 Å². The molecule has 3 atom stereocenters. The number of benzene rings is 1. The molecule has 2 saturated heterocycles. The molecule has 0 radical (unpaired) electrons. The second-order valence-corrected chi connectivity index (χ2v) is 10.3. The molecule has 34 heavy (non-hydrogen) atoms. The number of hydrogen-bond donors (Lipinski definition) is 2. The van der Waals surface area contributed by atoms with Crippen molar-refractivity contribution in [2.45, 2.75) is 82.5 Å². The summed E-state index contributed by atoms with van der Waals surface area (Å²) in [5, 5.41) is 6.62. The summed E-state index contributed by atoms with van der Waals surface area (Å²) in [6.07, 6.45) is 9.55. The number of nitrogens with one attached hydrogen (secondary N) is 2. The molecule has 4 aliphatic rings. The molecule has 3 fully saturated rings. The van der Waals surface area contributed by atoms with E-state index in [1.165, 1.54) is 19.3 Å². The van der Waals surface area contributed by atoms with Gasteiger partial charge in [-0.2, -0.15) is 0 Å². The average molecular weight is 468 g/mol. The summed E-state index contributed by atoms with van der Waals surface area (Å²) >= 11 is 0. The van der Waals surface area contributed by atoms with Crippen LogP contribution in [0.3, 0.4) is 0 Å². The Kier molecular flexibility index (Phi) is 7.21. The Morgan fingerprint density at radius 3 is 2.74 bits per heavy atom. The highest BCUT2D eigenvalue weighted by Crippen LogP contribution is 2.32. The zero-order chi connectivity index (χ0) is 23.5.